The van der Waals surface area contributed by atoms with E-state index in [1.807, 2.05) is 6.92 Å². The first-order chi connectivity index (χ1) is 3.72. The monoisotopic (exact) mass is 150 g/mol. The van der Waals surface area contributed by atoms with Gasteiger partial charge in [0, 0.05) is 11.4 Å². The van der Waals surface area contributed by atoms with E-state index in [9.17, 15) is 0 Å². The van der Waals surface area contributed by atoms with Crippen molar-refractivity contribution in [2.24, 2.45) is 0 Å². The lowest BCUT2D eigenvalue weighted by molar-refractivity contribution is 1.38. The van der Waals surface area contributed by atoms with Crippen molar-refractivity contribution in [3.63, 3.8) is 0 Å². The van der Waals surface area contributed by atoms with Crippen LogP contribution in [0.2, 0.25) is 0 Å². The van der Waals surface area contributed by atoms with Crippen LogP contribution in [0.1, 0.15) is 6.92 Å². The highest BCUT2D eigenvalue weighted by molar-refractivity contribution is 6.26. The summed E-state index contributed by atoms with van der Waals surface area (Å²) < 4.78 is 0. The Morgan fingerprint density at radius 1 is 1.75 bits per heavy atom. The predicted molar refractivity (Wildman–Crippen MR) is 39.5 cm³/mol. The SMILES string of the molecule is C=C(CCl)/C(C)=C/Cl. The normalized spacial score (nSPS) is 11.6. The molecule has 0 nitrogen and oxygen atoms in total. The average Bonchev–Trinajstić information content (AvgIpc) is 1.84. The molecule has 0 N–H and O–H groups in total. The molecule has 0 fully saturated rings. The minimum absolute atomic E-state index is 0.453. The first kappa shape index (κ1) is 8.06. The van der Waals surface area contributed by atoms with Crippen molar-refractivity contribution in [3.05, 3.63) is 23.3 Å². The number of rotatable bonds is 2. The number of allylic oxidation sites excluding steroid dienone is 2. The molecule has 46 valence electrons. The summed E-state index contributed by atoms with van der Waals surface area (Å²) in [5, 5.41) is 0. The number of hydrogen-bond acceptors (Lipinski definition) is 0. The topological polar surface area (TPSA) is 0 Å². The minimum atomic E-state index is 0.453. The highest BCUT2D eigenvalue weighted by Crippen LogP contribution is 2.08. The van der Waals surface area contributed by atoms with Gasteiger partial charge in [-0.15, -0.1) is 11.6 Å². The van der Waals surface area contributed by atoms with Crippen LogP contribution in [-0.4, -0.2) is 5.88 Å². The van der Waals surface area contributed by atoms with Gasteiger partial charge in [0.15, 0.2) is 0 Å². The second kappa shape index (κ2) is 3.99. The largest absolute Gasteiger partial charge is 0.122 e. The summed E-state index contributed by atoms with van der Waals surface area (Å²) in [7, 11) is 0. The highest BCUT2D eigenvalue weighted by Gasteiger charge is 1.90. The molecule has 0 rings (SSSR count). The summed E-state index contributed by atoms with van der Waals surface area (Å²) in [6.07, 6.45) is 0. The third kappa shape index (κ3) is 2.39. The Morgan fingerprint density at radius 2 is 2.25 bits per heavy atom. The van der Waals surface area contributed by atoms with Crippen LogP contribution >= 0.6 is 23.2 Å². The number of alkyl halides is 1. The van der Waals surface area contributed by atoms with E-state index in [4.69, 9.17) is 23.2 Å². The van der Waals surface area contributed by atoms with Crippen LogP contribution in [0.5, 0.6) is 0 Å². The molecule has 0 spiro atoms. The lowest BCUT2D eigenvalue weighted by Gasteiger charge is -1.95. The number of hydrogen-bond donors (Lipinski definition) is 0. The van der Waals surface area contributed by atoms with Crippen LogP contribution in [0.25, 0.3) is 0 Å². The molecule has 8 heavy (non-hydrogen) atoms. The van der Waals surface area contributed by atoms with Crippen molar-refractivity contribution < 1.29 is 0 Å². The van der Waals surface area contributed by atoms with Gasteiger partial charge in [-0.05, 0) is 18.1 Å². The maximum absolute atomic E-state index is 5.43. The summed E-state index contributed by atoms with van der Waals surface area (Å²) in [6.45, 7) is 5.53. The summed E-state index contributed by atoms with van der Waals surface area (Å²) in [4.78, 5) is 0. The zero-order chi connectivity index (χ0) is 6.57. The summed E-state index contributed by atoms with van der Waals surface area (Å²) >= 11 is 10.8. The first-order valence-corrected chi connectivity index (χ1v) is 3.20. The van der Waals surface area contributed by atoms with Gasteiger partial charge < -0.3 is 0 Å². The molecule has 0 aromatic heterocycles. The molecule has 0 unspecified atom stereocenters. The van der Waals surface area contributed by atoms with Crippen molar-refractivity contribution in [2.45, 2.75) is 6.92 Å². The Balaban J connectivity index is 3.83. The van der Waals surface area contributed by atoms with E-state index in [1.54, 1.807) is 0 Å². The van der Waals surface area contributed by atoms with Crippen molar-refractivity contribution in [1.29, 1.82) is 0 Å². The van der Waals surface area contributed by atoms with E-state index in [0.717, 1.165) is 11.1 Å². The molecule has 2 heteroatoms. The van der Waals surface area contributed by atoms with Crippen LogP contribution in [-0.2, 0) is 0 Å². The first-order valence-electron chi connectivity index (χ1n) is 2.23. The molecule has 0 aliphatic carbocycles. The summed E-state index contributed by atoms with van der Waals surface area (Å²) in [5.41, 5.74) is 3.30. The fraction of sp³-hybridized carbons (Fsp3) is 0.333. The fourth-order valence-corrected chi connectivity index (χ4v) is 0.548. The Morgan fingerprint density at radius 3 is 2.38 bits per heavy atom. The molecule has 0 radical (unpaired) electrons. The van der Waals surface area contributed by atoms with Crippen molar-refractivity contribution in [3.8, 4) is 0 Å². The predicted octanol–water partition coefficient (Wildman–Crippen LogP) is 2.92. The van der Waals surface area contributed by atoms with Crippen molar-refractivity contribution in [2.75, 3.05) is 5.88 Å². The van der Waals surface area contributed by atoms with Crippen molar-refractivity contribution in [1.82, 2.24) is 0 Å². The van der Waals surface area contributed by atoms with Gasteiger partial charge in [-0.2, -0.15) is 0 Å². The van der Waals surface area contributed by atoms with Crippen molar-refractivity contribution >= 4 is 23.2 Å². The van der Waals surface area contributed by atoms with Crippen LogP contribution < -0.4 is 0 Å². The number of halogens is 2. The molecule has 0 atom stereocenters. The summed E-state index contributed by atoms with van der Waals surface area (Å²) in [6, 6.07) is 0. The van der Waals surface area contributed by atoms with E-state index >= 15 is 0 Å². The molecule has 0 saturated heterocycles. The van der Waals surface area contributed by atoms with Gasteiger partial charge in [0.25, 0.3) is 0 Å². The van der Waals surface area contributed by atoms with Gasteiger partial charge in [0.1, 0.15) is 0 Å². The molecule has 0 heterocycles. The molecule has 0 saturated carbocycles. The smallest absolute Gasteiger partial charge is 0.0471 e. The van der Waals surface area contributed by atoms with Gasteiger partial charge in [0.05, 0.1) is 0 Å². The maximum Gasteiger partial charge on any atom is 0.0471 e. The molecular weight excluding hydrogens is 143 g/mol. The van der Waals surface area contributed by atoms with Gasteiger partial charge in [0.2, 0.25) is 0 Å². The molecular formula is C6H8Cl2. The highest BCUT2D eigenvalue weighted by atomic mass is 35.5. The van der Waals surface area contributed by atoms with E-state index in [1.165, 1.54) is 5.54 Å². The lowest BCUT2D eigenvalue weighted by atomic mass is 10.2. The van der Waals surface area contributed by atoms with Crippen LogP contribution in [0, 0.1) is 0 Å². The zero-order valence-corrected chi connectivity index (χ0v) is 6.26. The molecule has 0 aromatic rings. The second-order valence-electron chi connectivity index (χ2n) is 1.53. The van der Waals surface area contributed by atoms with Gasteiger partial charge in [-0.1, -0.05) is 18.2 Å². The van der Waals surface area contributed by atoms with Gasteiger partial charge in [-0.3, -0.25) is 0 Å². The van der Waals surface area contributed by atoms with Crippen LogP contribution in [0.4, 0.5) is 0 Å². The van der Waals surface area contributed by atoms with Gasteiger partial charge >= 0.3 is 0 Å². The molecule has 0 bridgehead atoms. The average molecular weight is 151 g/mol. The Kier molecular flexibility index (Phi) is 4.02. The van der Waals surface area contributed by atoms with Gasteiger partial charge in [-0.25, -0.2) is 0 Å². The third-order valence-electron chi connectivity index (χ3n) is 0.883. The summed E-state index contributed by atoms with van der Waals surface area (Å²) in [5.74, 6) is 0.453. The third-order valence-corrected chi connectivity index (χ3v) is 1.53. The Bertz CT molecular complexity index is 114. The standard InChI is InChI=1S/C6H8Cl2/c1-5(3-7)6(2)4-8/h4H,1,3H2,2H3/b6-4+. The fourth-order valence-electron chi connectivity index (χ4n) is 0.183. The van der Waals surface area contributed by atoms with E-state index in [0.29, 0.717) is 5.88 Å². The Labute approximate surface area is 59.8 Å². The molecule has 0 aliphatic heterocycles. The molecule has 0 amide bonds. The van der Waals surface area contributed by atoms with E-state index < -0.39 is 0 Å². The Hall–Kier alpha value is 0.0600. The lowest BCUT2D eigenvalue weighted by Crippen LogP contribution is -1.81. The second-order valence-corrected chi connectivity index (χ2v) is 2.01. The van der Waals surface area contributed by atoms with E-state index in [-0.39, 0.29) is 0 Å². The zero-order valence-electron chi connectivity index (χ0n) is 4.75. The molecule has 0 aromatic carbocycles. The van der Waals surface area contributed by atoms with E-state index in [2.05, 4.69) is 6.58 Å². The maximum atomic E-state index is 5.43. The van der Waals surface area contributed by atoms with Crippen LogP contribution in [0.15, 0.2) is 23.3 Å². The molecule has 0 aliphatic rings. The minimum Gasteiger partial charge on any atom is -0.122 e. The quantitative estimate of drug-likeness (QED) is 0.420. The van der Waals surface area contributed by atoms with Crippen LogP contribution in [0.3, 0.4) is 0 Å².